The minimum absolute atomic E-state index is 0.179. The average molecular weight is 339 g/mol. The van der Waals surface area contributed by atoms with Crippen molar-refractivity contribution in [2.75, 3.05) is 57.8 Å². The summed E-state index contributed by atoms with van der Waals surface area (Å²) < 4.78 is 69.9. The van der Waals surface area contributed by atoms with E-state index < -0.39 is 35.2 Å². The highest BCUT2D eigenvalue weighted by molar-refractivity contribution is 7.98. The summed E-state index contributed by atoms with van der Waals surface area (Å²) in [4.78, 5) is 0. The second-order valence-corrected chi connectivity index (χ2v) is 6.94. The molecule has 5 nitrogen and oxygen atoms in total. The van der Waals surface area contributed by atoms with Gasteiger partial charge in [0.05, 0.1) is 19.0 Å². The topological polar surface area (TPSA) is 55.8 Å². The van der Waals surface area contributed by atoms with Crippen LogP contribution in [0.2, 0.25) is 0 Å². The fraction of sp³-hybridized carbons (Fsp3) is 1.00. The van der Waals surface area contributed by atoms with Crippen molar-refractivity contribution in [3.8, 4) is 0 Å². The Balaban J connectivity index is 4.31. The van der Waals surface area contributed by atoms with Crippen LogP contribution in [0.1, 0.15) is 0 Å². The summed E-state index contributed by atoms with van der Waals surface area (Å²) in [7, 11) is -2.19. The standard InChI is InChI=1S/C10H20F3NO4S2/c1-17-5-3-14(4-7-19-2)20(15,16)8-6-18-9-10(11,12)13/h3-9H2,1-2H3. The molecule has 0 bridgehead atoms. The molecular formula is C10H20F3NO4S2. The first kappa shape index (κ1) is 20.0. The number of ether oxygens (including phenoxy) is 2. The van der Waals surface area contributed by atoms with Crippen LogP contribution in [0.25, 0.3) is 0 Å². The zero-order valence-electron chi connectivity index (χ0n) is 11.5. The predicted octanol–water partition coefficient (Wildman–Crippen LogP) is 1.21. The highest BCUT2D eigenvalue weighted by Gasteiger charge is 2.28. The summed E-state index contributed by atoms with van der Waals surface area (Å²) in [5.41, 5.74) is 0. The molecule has 0 saturated carbocycles. The zero-order chi connectivity index (χ0) is 15.6. The number of nitrogens with zero attached hydrogens (tertiary/aromatic N) is 1. The third kappa shape index (κ3) is 9.81. The number of alkyl halides is 3. The van der Waals surface area contributed by atoms with Gasteiger partial charge in [-0.2, -0.15) is 29.2 Å². The van der Waals surface area contributed by atoms with Crippen LogP contribution >= 0.6 is 11.8 Å². The van der Waals surface area contributed by atoms with Crippen LogP contribution in [0.5, 0.6) is 0 Å². The van der Waals surface area contributed by atoms with E-state index in [1.807, 2.05) is 6.26 Å². The minimum Gasteiger partial charge on any atom is -0.383 e. The first-order chi connectivity index (χ1) is 9.23. The van der Waals surface area contributed by atoms with Crippen LogP contribution in [0.4, 0.5) is 13.2 Å². The molecule has 0 rings (SSSR count). The Morgan fingerprint density at radius 3 is 2.35 bits per heavy atom. The number of halogens is 3. The van der Waals surface area contributed by atoms with Crippen LogP contribution in [0.15, 0.2) is 0 Å². The van der Waals surface area contributed by atoms with E-state index in [0.717, 1.165) is 0 Å². The van der Waals surface area contributed by atoms with Crippen molar-refractivity contribution in [3.05, 3.63) is 0 Å². The van der Waals surface area contributed by atoms with Crippen LogP contribution in [-0.4, -0.2) is 76.7 Å². The number of sulfonamides is 1. The van der Waals surface area contributed by atoms with E-state index in [0.29, 0.717) is 12.3 Å². The van der Waals surface area contributed by atoms with E-state index in [1.165, 1.54) is 23.2 Å². The average Bonchev–Trinajstić information content (AvgIpc) is 2.33. The molecule has 0 radical (unpaired) electrons. The van der Waals surface area contributed by atoms with Gasteiger partial charge < -0.3 is 9.47 Å². The van der Waals surface area contributed by atoms with E-state index in [2.05, 4.69) is 4.74 Å². The summed E-state index contributed by atoms with van der Waals surface area (Å²) >= 11 is 1.48. The summed E-state index contributed by atoms with van der Waals surface area (Å²) in [5.74, 6) is 0.132. The first-order valence-corrected chi connectivity index (χ1v) is 8.83. The second-order valence-electron chi connectivity index (χ2n) is 3.87. The quantitative estimate of drug-likeness (QED) is 0.530. The fourth-order valence-corrected chi connectivity index (χ4v) is 3.08. The Morgan fingerprint density at radius 1 is 1.20 bits per heavy atom. The molecular weight excluding hydrogens is 319 g/mol. The normalized spacial score (nSPS) is 13.1. The van der Waals surface area contributed by atoms with Gasteiger partial charge in [-0.15, -0.1) is 0 Å². The molecule has 0 atom stereocenters. The van der Waals surface area contributed by atoms with Crippen LogP contribution in [0, 0.1) is 0 Å². The van der Waals surface area contributed by atoms with Gasteiger partial charge in [0.1, 0.15) is 6.61 Å². The van der Waals surface area contributed by atoms with Crippen LogP contribution in [0.3, 0.4) is 0 Å². The lowest BCUT2D eigenvalue weighted by molar-refractivity contribution is -0.172. The van der Waals surface area contributed by atoms with Gasteiger partial charge in [0.15, 0.2) is 0 Å². The largest absolute Gasteiger partial charge is 0.411 e. The molecule has 20 heavy (non-hydrogen) atoms. The molecule has 0 amide bonds. The summed E-state index contributed by atoms with van der Waals surface area (Å²) in [6.07, 6.45) is -2.61. The van der Waals surface area contributed by atoms with Crippen molar-refractivity contribution in [1.82, 2.24) is 4.31 Å². The van der Waals surface area contributed by atoms with Gasteiger partial charge >= 0.3 is 6.18 Å². The molecule has 0 aliphatic heterocycles. The molecule has 0 saturated heterocycles. The van der Waals surface area contributed by atoms with Gasteiger partial charge in [-0.05, 0) is 6.26 Å². The molecule has 122 valence electrons. The lowest BCUT2D eigenvalue weighted by Crippen LogP contribution is -2.38. The SMILES string of the molecule is COCCN(CCSC)S(=O)(=O)CCOCC(F)(F)F. The Hall–Kier alpha value is -0.0300. The molecule has 0 aliphatic carbocycles. The molecule has 0 heterocycles. The van der Waals surface area contributed by atoms with Crippen molar-refractivity contribution in [2.45, 2.75) is 6.18 Å². The van der Waals surface area contributed by atoms with Crippen LogP contribution in [-0.2, 0) is 19.5 Å². The molecule has 10 heteroatoms. The van der Waals surface area contributed by atoms with Crippen LogP contribution < -0.4 is 0 Å². The zero-order valence-corrected chi connectivity index (χ0v) is 13.1. The van der Waals surface area contributed by atoms with Gasteiger partial charge in [0.2, 0.25) is 10.0 Å². The Labute approximate surface area is 121 Å². The molecule has 0 unspecified atom stereocenters. The van der Waals surface area contributed by atoms with Gasteiger partial charge in [-0.1, -0.05) is 0 Å². The lowest BCUT2D eigenvalue weighted by Gasteiger charge is -2.21. The molecule has 0 aromatic carbocycles. The van der Waals surface area contributed by atoms with Gasteiger partial charge in [0, 0.05) is 26.0 Å². The Morgan fingerprint density at radius 2 is 1.85 bits per heavy atom. The van der Waals surface area contributed by atoms with Crippen molar-refractivity contribution in [2.24, 2.45) is 0 Å². The predicted molar refractivity (Wildman–Crippen MR) is 72.5 cm³/mol. The van der Waals surface area contributed by atoms with Crippen molar-refractivity contribution in [1.29, 1.82) is 0 Å². The van der Waals surface area contributed by atoms with E-state index in [4.69, 9.17) is 4.74 Å². The second kappa shape index (κ2) is 9.82. The van der Waals surface area contributed by atoms with E-state index in [9.17, 15) is 21.6 Å². The summed E-state index contributed by atoms with van der Waals surface area (Å²) in [5, 5.41) is 0. The smallest absolute Gasteiger partial charge is 0.383 e. The van der Waals surface area contributed by atoms with Crippen molar-refractivity contribution in [3.63, 3.8) is 0 Å². The molecule has 0 N–H and O–H groups in total. The lowest BCUT2D eigenvalue weighted by atomic mass is 10.6. The third-order valence-corrected chi connectivity index (χ3v) is 4.66. The maximum absolute atomic E-state index is 12.0. The first-order valence-electron chi connectivity index (χ1n) is 5.83. The molecule has 0 spiro atoms. The van der Waals surface area contributed by atoms with Gasteiger partial charge in [0.25, 0.3) is 0 Å². The number of methoxy groups -OCH3 is 1. The van der Waals surface area contributed by atoms with Crippen molar-refractivity contribution < 1.29 is 31.1 Å². The molecule has 0 aromatic rings. The number of rotatable bonds is 11. The number of thioether (sulfide) groups is 1. The van der Waals surface area contributed by atoms with E-state index >= 15 is 0 Å². The Bertz CT molecular complexity index is 341. The molecule has 0 aromatic heterocycles. The third-order valence-electron chi connectivity index (χ3n) is 2.23. The molecule has 0 aliphatic rings. The number of hydrogen-bond acceptors (Lipinski definition) is 5. The maximum atomic E-state index is 12.0. The van der Waals surface area contributed by atoms with E-state index in [1.54, 1.807) is 0 Å². The monoisotopic (exact) mass is 339 g/mol. The Kier molecular flexibility index (Phi) is 9.81. The van der Waals surface area contributed by atoms with Crippen molar-refractivity contribution >= 4 is 21.8 Å². The maximum Gasteiger partial charge on any atom is 0.411 e. The minimum atomic E-state index is -4.45. The highest BCUT2D eigenvalue weighted by atomic mass is 32.2. The van der Waals surface area contributed by atoms with Gasteiger partial charge in [-0.25, -0.2) is 8.42 Å². The summed E-state index contributed by atoms with van der Waals surface area (Å²) in [6.45, 7) is -1.21. The fourth-order valence-electron chi connectivity index (χ4n) is 1.26. The molecule has 0 fully saturated rings. The van der Waals surface area contributed by atoms with Gasteiger partial charge in [-0.3, -0.25) is 0 Å². The summed E-state index contributed by atoms with van der Waals surface area (Å²) in [6, 6.07) is 0. The number of hydrogen-bond donors (Lipinski definition) is 0. The highest BCUT2D eigenvalue weighted by Crippen LogP contribution is 2.14. The van der Waals surface area contributed by atoms with E-state index in [-0.39, 0.29) is 13.2 Å².